The predicted molar refractivity (Wildman–Crippen MR) is 114 cm³/mol. The monoisotopic (exact) mass is 397 g/mol. The Hall–Kier alpha value is -2.54. The van der Waals surface area contributed by atoms with E-state index in [1.807, 2.05) is 53.7 Å². The molecule has 156 valence electrons. The minimum Gasteiger partial charge on any atom is -0.310 e. The molecule has 7 heteroatoms. The normalized spacial score (nSPS) is 15.1. The molecule has 1 amide bonds. The summed E-state index contributed by atoms with van der Waals surface area (Å²) in [5.74, 6) is 1.24. The summed E-state index contributed by atoms with van der Waals surface area (Å²) in [5.41, 5.74) is 1.81. The van der Waals surface area contributed by atoms with E-state index in [0.29, 0.717) is 18.9 Å². The maximum atomic E-state index is 12.7. The highest BCUT2D eigenvalue weighted by atomic mass is 16.2. The molecule has 0 saturated carbocycles. The Balaban J connectivity index is 1.79. The first-order chi connectivity index (χ1) is 13.4. The van der Waals surface area contributed by atoms with Crippen LogP contribution in [-0.4, -0.2) is 32.3 Å². The number of carbonyl (C=O) groups is 1. The van der Waals surface area contributed by atoms with Gasteiger partial charge >= 0.3 is 0 Å². The first kappa shape index (κ1) is 21.2. The van der Waals surface area contributed by atoms with E-state index in [-0.39, 0.29) is 16.9 Å². The zero-order valence-corrected chi connectivity index (χ0v) is 18.2. The number of fused-ring (bicyclic) bond motifs is 1. The number of anilines is 1. The van der Waals surface area contributed by atoms with E-state index < -0.39 is 5.41 Å². The lowest BCUT2D eigenvalue weighted by Gasteiger charge is -2.29. The molecular formula is C22H31N5O2. The molecule has 1 aliphatic rings. The van der Waals surface area contributed by atoms with E-state index in [9.17, 15) is 9.59 Å². The number of pyridine rings is 1. The van der Waals surface area contributed by atoms with Crippen LogP contribution in [0.4, 0.5) is 5.82 Å². The molecule has 0 saturated heterocycles. The molecule has 2 aromatic heterocycles. The average Bonchev–Trinajstić information content (AvgIpc) is 2.62. The predicted octanol–water partition coefficient (Wildman–Crippen LogP) is 3.01. The second kappa shape index (κ2) is 7.71. The first-order valence-corrected chi connectivity index (χ1v) is 10.1. The summed E-state index contributed by atoms with van der Waals surface area (Å²) in [5, 5.41) is 2.94. The van der Waals surface area contributed by atoms with Crippen LogP contribution in [-0.2, 0) is 29.7 Å². The minimum atomic E-state index is -0.497. The highest BCUT2D eigenvalue weighted by molar-refractivity contribution is 5.94. The molecule has 0 aliphatic carbocycles. The van der Waals surface area contributed by atoms with Gasteiger partial charge in [0.2, 0.25) is 5.91 Å². The third-order valence-electron chi connectivity index (χ3n) is 5.06. The largest absolute Gasteiger partial charge is 0.310 e. The molecule has 29 heavy (non-hydrogen) atoms. The van der Waals surface area contributed by atoms with Gasteiger partial charge < -0.3 is 10.3 Å². The maximum Gasteiger partial charge on any atom is 0.255 e. The van der Waals surface area contributed by atoms with Crippen LogP contribution in [0, 0.1) is 5.41 Å². The van der Waals surface area contributed by atoms with Crippen molar-refractivity contribution in [2.45, 2.75) is 66.5 Å². The van der Waals surface area contributed by atoms with Gasteiger partial charge in [0.25, 0.3) is 5.56 Å². The fourth-order valence-electron chi connectivity index (χ4n) is 3.19. The Morgan fingerprint density at radius 1 is 1.24 bits per heavy atom. The van der Waals surface area contributed by atoms with Gasteiger partial charge in [0.15, 0.2) is 0 Å². The van der Waals surface area contributed by atoms with Crippen molar-refractivity contribution in [3.8, 4) is 0 Å². The molecule has 1 aliphatic heterocycles. The Bertz CT molecular complexity index is 966. The van der Waals surface area contributed by atoms with Crippen molar-refractivity contribution in [3.05, 3.63) is 51.3 Å². The Labute approximate surface area is 172 Å². The van der Waals surface area contributed by atoms with Crippen molar-refractivity contribution in [1.82, 2.24) is 19.9 Å². The van der Waals surface area contributed by atoms with Crippen molar-refractivity contribution in [1.29, 1.82) is 0 Å². The van der Waals surface area contributed by atoms with Gasteiger partial charge in [-0.15, -0.1) is 0 Å². The van der Waals surface area contributed by atoms with Crippen molar-refractivity contribution in [3.63, 3.8) is 0 Å². The van der Waals surface area contributed by atoms with Crippen LogP contribution in [0.15, 0.2) is 23.1 Å². The molecule has 0 spiro atoms. The van der Waals surface area contributed by atoms with Gasteiger partial charge in [0.1, 0.15) is 11.6 Å². The summed E-state index contributed by atoms with van der Waals surface area (Å²) in [4.78, 5) is 39.3. The van der Waals surface area contributed by atoms with Gasteiger partial charge in [0, 0.05) is 48.6 Å². The SMILES string of the molecule is CC(C)(C)C(=O)Nc1ncccc1CN1CCc2nc(C(C)(C)C)[nH]c(=O)c2C1. The molecule has 0 unspecified atom stereocenters. The number of carbonyl (C=O) groups excluding carboxylic acids is 1. The van der Waals surface area contributed by atoms with E-state index >= 15 is 0 Å². The smallest absolute Gasteiger partial charge is 0.255 e. The topological polar surface area (TPSA) is 91.0 Å². The molecule has 3 rings (SSSR count). The summed E-state index contributed by atoms with van der Waals surface area (Å²) >= 11 is 0. The molecule has 0 fully saturated rings. The molecule has 0 atom stereocenters. The Morgan fingerprint density at radius 3 is 2.62 bits per heavy atom. The number of nitrogens with one attached hydrogen (secondary N) is 2. The molecule has 0 bridgehead atoms. The average molecular weight is 398 g/mol. The first-order valence-electron chi connectivity index (χ1n) is 10.1. The maximum absolute atomic E-state index is 12.7. The van der Waals surface area contributed by atoms with Crippen molar-refractivity contribution >= 4 is 11.7 Å². The zero-order chi connectivity index (χ0) is 21.4. The van der Waals surface area contributed by atoms with Crippen molar-refractivity contribution < 1.29 is 4.79 Å². The van der Waals surface area contributed by atoms with E-state index in [2.05, 4.69) is 20.2 Å². The lowest BCUT2D eigenvalue weighted by Crippen LogP contribution is -2.37. The summed E-state index contributed by atoms with van der Waals surface area (Å²) < 4.78 is 0. The highest BCUT2D eigenvalue weighted by Gasteiger charge is 2.26. The van der Waals surface area contributed by atoms with Crippen molar-refractivity contribution in [2.75, 3.05) is 11.9 Å². The quantitative estimate of drug-likeness (QED) is 0.831. The number of hydrogen-bond donors (Lipinski definition) is 2. The lowest BCUT2D eigenvalue weighted by molar-refractivity contribution is -0.123. The van der Waals surface area contributed by atoms with Gasteiger partial charge in [0.05, 0.1) is 11.3 Å². The molecule has 7 nitrogen and oxygen atoms in total. The molecule has 2 aromatic rings. The van der Waals surface area contributed by atoms with Crippen LogP contribution in [0.25, 0.3) is 0 Å². The van der Waals surface area contributed by atoms with Crippen LogP contribution >= 0.6 is 0 Å². The lowest BCUT2D eigenvalue weighted by atomic mass is 9.95. The van der Waals surface area contributed by atoms with Crippen LogP contribution < -0.4 is 10.9 Å². The summed E-state index contributed by atoms with van der Waals surface area (Å²) in [6.45, 7) is 13.7. The van der Waals surface area contributed by atoms with Crippen LogP contribution in [0.1, 0.15) is 64.2 Å². The fourth-order valence-corrected chi connectivity index (χ4v) is 3.19. The van der Waals surface area contributed by atoms with E-state index in [4.69, 9.17) is 4.98 Å². The number of hydrogen-bond acceptors (Lipinski definition) is 5. The second-order valence-electron chi connectivity index (χ2n) is 9.77. The van der Waals surface area contributed by atoms with E-state index in [0.717, 1.165) is 35.6 Å². The molecule has 3 heterocycles. The van der Waals surface area contributed by atoms with Gasteiger partial charge in [-0.2, -0.15) is 0 Å². The summed E-state index contributed by atoms with van der Waals surface area (Å²) in [7, 11) is 0. The minimum absolute atomic E-state index is 0.0583. The van der Waals surface area contributed by atoms with E-state index in [1.165, 1.54) is 0 Å². The Morgan fingerprint density at radius 2 is 1.97 bits per heavy atom. The van der Waals surface area contributed by atoms with Crippen LogP contribution in [0.2, 0.25) is 0 Å². The number of nitrogens with zero attached hydrogens (tertiary/aromatic N) is 3. The second-order valence-corrected chi connectivity index (χ2v) is 9.77. The zero-order valence-electron chi connectivity index (χ0n) is 18.2. The molecule has 0 radical (unpaired) electrons. The van der Waals surface area contributed by atoms with Crippen molar-refractivity contribution in [2.24, 2.45) is 5.41 Å². The third-order valence-corrected chi connectivity index (χ3v) is 5.06. The van der Waals surface area contributed by atoms with Gasteiger partial charge in [-0.3, -0.25) is 14.5 Å². The number of H-pyrrole nitrogens is 1. The molecule has 0 aromatic carbocycles. The van der Waals surface area contributed by atoms with Crippen LogP contribution in [0.5, 0.6) is 0 Å². The van der Waals surface area contributed by atoms with Gasteiger partial charge in [-0.25, -0.2) is 9.97 Å². The third kappa shape index (κ3) is 4.90. The number of aromatic nitrogens is 3. The van der Waals surface area contributed by atoms with Gasteiger partial charge in [-0.05, 0) is 6.07 Å². The fraction of sp³-hybridized carbons (Fsp3) is 0.545. The van der Waals surface area contributed by atoms with Gasteiger partial charge in [-0.1, -0.05) is 47.6 Å². The summed E-state index contributed by atoms with van der Waals surface area (Å²) in [6, 6.07) is 3.83. The number of rotatable bonds is 3. The number of amides is 1. The standard InChI is InChI=1S/C22H31N5O2/c1-21(2,3)19-24-16-9-11-27(13-15(16)18(28)26-19)12-14-8-7-10-23-17(14)25-20(29)22(4,5)6/h7-8,10H,9,11-13H2,1-6H3,(H,23,25,29)(H,24,26,28). The highest BCUT2D eigenvalue weighted by Crippen LogP contribution is 2.23. The summed E-state index contributed by atoms with van der Waals surface area (Å²) in [6.07, 6.45) is 2.40. The number of aromatic amines is 1. The molecular weight excluding hydrogens is 366 g/mol. The Kier molecular flexibility index (Phi) is 5.63. The molecule has 2 N–H and O–H groups in total. The van der Waals surface area contributed by atoms with E-state index in [1.54, 1.807) is 6.20 Å². The van der Waals surface area contributed by atoms with Crippen LogP contribution in [0.3, 0.4) is 0 Å².